The highest BCUT2D eigenvalue weighted by Gasteiger charge is 2.21. The summed E-state index contributed by atoms with van der Waals surface area (Å²) < 4.78 is 7.54. The number of rotatable bonds is 13. The minimum atomic E-state index is 0.0227. The Morgan fingerprint density at radius 1 is 1.15 bits per heavy atom. The minimum absolute atomic E-state index is 0.0227. The molecule has 184 valence electrons. The Hall–Kier alpha value is -2.60. The van der Waals surface area contributed by atoms with Crippen molar-refractivity contribution in [2.75, 3.05) is 13.7 Å². The quantitative estimate of drug-likeness (QED) is 0.278. The van der Waals surface area contributed by atoms with Crippen LogP contribution in [0.4, 0.5) is 0 Å². The second kappa shape index (κ2) is 12.7. The lowest BCUT2D eigenvalue weighted by Crippen LogP contribution is -2.29. The number of benzene rings is 1. The fraction of sp³-hybridized carbons (Fsp3) is 0.500. The van der Waals surface area contributed by atoms with Gasteiger partial charge in [0.05, 0.1) is 24.1 Å². The molecule has 0 aliphatic rings. The molecule has 0 fully saturated rings. The summed E-state index contributed by atoms with van der Waals surface area (Å²) in [6.07, 6.45) is 6.83. The van der Waals surface area contributed by atoms with Crippen LogP contribution in [0.25, 0.3) is 22.0 Å². The molecule has 3 rings (SSSR count). The molecule has 2 heterocycles. The maximum absolute atomic E-state index is 13.2. The molecule has 1 atom stereocenters. The molecule has 0 saturated carbocycles. The lowest BCUT2D eigenvalue weighted by atomic mass is 9.99. The van der Waals surface area contributed by atoms with Gasteiger partial charge in [-0.3, -0.25) is 4.79 Å². The molecule has 0 spiro atoms. The van der Waals surface area contributed by atoms with Gasteiger partial charge < -0.3 is 14.6 Å². The summed E-state index contributed by atoms with van der Waals surface area (Å²) in [6, 6.07) is 10.0. The van der Waals surface area contributed by atoms with Gasteiger partial charge in [-0.2, -0.15) is 0 Å². The zero-order chi connectivity index (χ0) is 24.5. The zero-order valence-electron chi connectivity index (χ0n) is 21.3. The summed E-state index contributed by atoms with van der Waals surface area (Å²) in [5, 5.41) is 6.27. The Balaban J connectivity index is 1.85. The highest BCUT2D eigenvalue weighted by atomic mass is 32.1. The van der Waals surface area contributed by atoms with Crippen molar-refractivity contribution >= 4 is 17.2 Å². The second-order valence-electron chi connectivity index (χ2n) is 8.93. The van der Waals surface area contributed by atoms with Crippen LogP contribution in [0.1, 0.15) is 75.3 Å². The van der Waals surface area contributed by atoms with Crippen LogP contribution in [0, 0.1) is 12.8 Å². The second-order valence-corrected chi connectivity index (χ2v) is 9.78. The van der Waals surface area contributed by atoms with Crippen LogP contribution in [-0.2, 0) is 6.54 Å². The van der Waals surface area contributed by atoms with Crippen molar-refractivity contribution in [2.45, 2.75) is 72.8 Å². The molecule has 0 aliphatic heterocycles. The molecule has 2 aromatic heterocycles. The number of thiazole rings is 1. The van der Waals surface area contributed by atoms with E-state index in [1.54, 1.807) is 18.4 Å². The van der Waals surface area contributed by atoms with Crippen molar-refractivity contribution in [2.24, 2.45) is 5.92 Å². The average molecular weight is 482 g/mol. The summed E-state index contributed by atoms with van der Waals surface area (Å²) in [5.41, 5.74) is 4.78. The van der Waals surface area contributed by atoms with E-state index in [0.717, 1.165) is 71.3 Å². The van der Waals surface area contributed by atoms with Crippen LogP contribution in [0.5, 0.6) is 5.75 Å². The Bertz CT molecular complexity index is 1050. The highest BCUT2D eigenvalue weighted by Crippen LogP contribution is 2.32. The molecule has 34 heavy (non-hydrogen) atoms. The maximum Gasteiger partial charge on any atom is 0.253 e. The molecule has 0 saturated heterocycles. The monoisotopic (exact) mass is 481 g/mol. The van der Waals surface area contributed by atoms with Gasteiger partial charge in [0.15, 0.2) is 0 Å². The number of carbonyl (C=O) groups is 1. The fourth-order valence-corrected chi connectivity index (χ4v) is 5.04. The number of carbonyl (C=O) groups excluding carboxylic acids is 1. The minimum Gasteiger partial charge on any atom is -0.497 e. The van der Waals surface area contributed by atoms with E-state index in [1.165, 1.54) is 19.3 Å². The molecule has 1 aromatic carbocycles. The summed E-state index contributed by atoms with van der Waals surface area (Å²) in [6.45, 7) is 10.3. The molecule has 1 N–H and O–H groups in total. The van der Waals surface area contributed by atoms with Crippen LogP contribution in [0.3, 0.4) is 0 Å². The van der Waals surface area contributed by atoms with Gasteiger partial charge in [0, 0.05) is 29.7 Å². The smallest absolute Gasteiger partial charge is 0.253 e. The molecular weight excluding hydrogens is 442 g/mol. The number of hydrogen-bond acceptors (Lipinski definition) is 4. The summed E-state index contributed by atoms with van der Waals surface area (Å²) in [7, 11) is 1.67. The third-order valence-corrected chi connectivity index (χ3v) is 7.44. The van der Waals surface area contributed by atoms with Gasteiger partial charge >= 0.3 is 0 Å². The largest absolute Gasteiger partial charge is 0.497 e. The van der Waals surface area contributed by atoms with Crippen LogP contribution in [-0.4, -0.2) is 29.1 Å². The van der Waals surface area contributed by atoms with Gasteiger partial charge in [0.2, 0.25) is 0 Å². The first kappa shape index (κ1) is 26.0. The van der Waals surface area contributed by atoms with Crippen molar-refractivity contribution in [3.8, 4) is 27.7 Å². The number of nitrogens with one attached hydrogen (secondary N) is 1. The average Bonchev–Trinajstić information content (AvgIpc) is 3.47. The standard InChI is InChI=1S/C28H39N3O2S/c1-6-9-11-21(8-3)18-29-27(32)24-17-26(31(20(24)4)16-10-7-2)25-19-34-28(30-25)22-12-14-23(33-5)15-13-22/h12-15,17,19,21H,6-11,16,18H2,1-5H3,(H,29,32). The third-order valence-electron chi connectivity index (χ3n) is 6.54. The van der Waals surface area contributed by atoms with E-state index in [9.17, 15) is 4.79 Å². The van der Waals surface area contributed by atoms with Crippen LogP contribution < -0.4 is 10.1 Å². The molecule has 5 nitrogen and oxygen atoms in total. The Labute approximate surface area is 208 Å². The number of methoxy groups -OCH3 is 1. The van der Waals surface area contributed by atoms with Gasteiger partial charge in [-0.1, -0.05) is 46.5 Å². The van der Waals surface area contributed by atoms with Crippen LogP contribution in [0.2, 0.25) is 0 Å². The summed E-state index contributed by atoms with van der Waals surface area (Å²) >= 11 is 1.63. The first-order valence-electron chi connectivity index (χ1n) is 12.6. The van der Waals surface area contributed by atoms with E-state index in [-0.39, 0.29) is 5.91 Å². The van der Waals surface area contributed by atoms with Gasteiger partial charge in [-0.05, 0) is 56.0 Å². The zero-order valence-corrected chi connectivity index (χ0v) is 22.1. The van der Waals surface area contributed by atoms with Crippen molar-refractivity contribution in [3.63, 3.8) is 0 Å². The molecule has 0 aliphatic carbocycles. The van der Waals surface area contributed by atoms with Gasteiger partial charge in [0.1, 0.15) is 10.8 Å². The van der Waals surface area contributed by atoms with Gasteiger partial charge in [-0.15, -0.1) is 11.3 Å². The molecule has 3 aromatic rings. The molecule has 0 radical (unpaired) electrons. The number of hydrogen-bond donors (Lipinski definition) is 1. The van der Waals surface area contributed by atoms with Crippen LogP contribution in [0.15, 0.2) is 35.7 Å². The first-order valence-corrected chi connectivity index (χ1v) is 13.5. The normalized spacial score (nSPS) is 12.0. The molecule has 0 bridgehead atoms. The first-order chi connectivity index (χ1) is 16.5. The molecule has 1 amide bonds. The number of aromatic nitrogens is 2. The summed E-state index contributed by atoms with van der Waals surface area (Å²) in [4.78, 5) is 18.1. The van der Waals surface area contributed by atoms with E-state index >= 15 is 0 Å². The number of ether oxygens (including phenoxy) is 1. The lowest BCUT2D eigenvalue weighted by Gasteiger charge is -2.15. The van der Waals surface area contributed by atoms with E-state index in [0.29, 0.717) is 5.92 Å². The number of amides is 1. The third kappa shape index (κ3) is 6.29. The Kier molecular flexibility index (Phi) is 9.75. The Morgan fingerprint density at radius 3 is 2.53 bits per heavy atom. The van der Waals surface area contributed by atoms with Crippen molar-refractivity contribution < 1.29 is 9.53 Å². The molecule has 6 heteroatoms. The van der Waals surface area contributed by atoms with Crippen molar-refractivity contribution in [1.29, 1.82) is 0 Å². The topological polar surface area (TPSA) is 56.1 Å². The highest BCUT2D eigenvalue weighted by molar-refractivity contribution is 7.13. The van der Waals surface area contributed by atoms with Gasteiger partial charge in [-0.25, -0.2) is 4.98 Å². The fourth-order valence-electron chi connectivity index (χ4n) is 4.22. The Morgan fingerprint density at radius 2 is 1.88 bits per heavy atom. The van der Waals surface area contributed by atoms with E-state index in [4.69, 9.17) is 9.72 Å². The van der Waals surface area contributed by atoms with E-state index in [2.05, 4.69) is 43.0 Å². The number of nitrogens with zero attached hydrogens (tertiary/aromatic N) is 2. The molecular formula is C28H39N3O2S. The van der Waals surface area contributed by atoms with Crippen molar-refractivity contribution in [1.82, 2.24) is 14.9 Å². The van der Waals surface area contributed by atoms with Crippen LogP contribution >= 0.6 is 11.3 Å². The SMILES string of the molecule is CCCCC(CC)CNC(=O)c1cc(-c2csc(-c3ccc(OC)cc3)n2)n(CCCC)c1C. The maximum atomic E-state index is 13.2. The summed E-state index contributed by atoms with van der Waals surface area (Å²) in [5.74, 6) is 1.39. The van der Waals surface area contributed by atoms with Crippen molar-refractivity contribution in [3.05, 3.63) is 47.0 Å². The predicted molar refractivity (Wildman–Crippen MR) is 143 cm³/mol. The van der Waals surface area contributed by atoms with E-state index < -0.39 is 0 Å². The lowest BCUT2D eigenvalue weighted by molar-refractivity contribution is 0.0945. The van der Waals surface area contributed by atoms with E-state index in [1.807, 2.05) is 30.3 Å². The molecule has 1 unspecified atom stereocenters. The van der Waals surface area contributed by atoms with Gasteiger partial charge in [0.25, 0.3) is 5.91 Å². The predicted octanol–water partition coefficient (Wildman–Crippen LogP) is 7.34. The number of unbranched alkanes of at least 4 members (excludes halogenated alkanes) is 2.